The van der Waals surface area contributed by atoms with Crippen LogP contribution in [-0.2, 0) is 0 Å². The molecule has 3 aromatic rings. The standard InChI is InChI=1S/C18H13Cl2FN4O/c1-10-2-3-11(19)6-15(10)25-17-9-22-16(8-23-17)18(26)24-12-4-5-14(21)13(20)7-12/h2-9H,1H3,(H,23,25)(H,24,26). The minimum absolute atomic E-state index is 0.0784. The normalized spacial score (nSPS) is 10.5. The zero-order valence-electron chi connectivity index (χ0n) is 13.6. The minimum Gasteiger partial charge on any atom is -0.339 e. The van der Waals surface area contributed by atoms with Crippen molar-refractivity contribution in [1.82, 2.24) is 9.97 Å². The van der Waals surface area contributed by atoms with E-state index in [0.29, 0.717) is 16.5 Å². The summed E-state index contributed by atoms with van der Waals surface area (Å²) in [5.41, 5.74) is 2.26. The molecule has 0 spiro atoms. The topological polar surface area (TPSA) is 66.9 Å². The van der Waals surface area contributed by atoms with Crippen molar-refractivity contribution in [1.29, 1.82) is 0 Å². The lowest BCUT2D eigenvalue weighted by atomic mass is 10.2. The quantitative estimate of drug-likeness (QED) is 0.640. The smallest absolute Gasteiger partial charge is 0.275 e. The van der Waals surface area contributed by atoms with E-state index in [1.165, 1.54) is 30.6 Å². The zero-order valence-corrected chi connectivity index (χ0v) is 15.1. The highest BCUT2D eigenvalue weighted by Crippen LogP contribution is 2.23. The Morgan fingerprint density at radius 3 is 2.58 bits per heavy atom. The summed E-state index contributed by atoms with van der Waals surface area (Å²) in [4.78, 5) is 20.5. The largest absolute Gasteiger partial charge is 0.339 e. The van der Waals surface area contributed by atoms with E-state index in [4.69, 9.17) is 23.2 Å². The Kier molecular flexibility index (Phi) is 5.35. The van der Waals surface area contributed by atoms with Gasteiger partial charge >= 0.3 is 0 Å². The second-order valence-corrected chi connectivity index (χ2v) is 6.30. The Bertz CT molecular complexity index is 964. The van der Waals surface area contributed by atoms with Gasteiger partial charge in [0.1, 0.15) is 17.3 Å². The molecule has 0 aliphatic heterocycles. The van der Waals surface area contributed by atoms with Crippen LogP contribution in [-0.4, -0.2) is 15.9 Å². The van der Waals surface area contributed by atoms with Gasteiger partial charge in [-0.3, -0.25) is 4.79 Å². The van der Waals surface area contributed by atoms with Gasteiger partial charge in [-0.25, -0.2) is 14.4 Å². The highest BCUT2D eigenvalue weighted by molar-refractivity contribution is 6.31. The van der Waals surface area contributed by atoms with Crippen LogP contribution in [0.4, 0.5) is 21.6 Å². The second kappa shape index (κ2) is 7.68. The molecule has 1 heterocycles. The van der Waals surface area contributed by atoms with Gasteiger partial charge in [0.2, 0.25) is 0 Å². The van der Waals surface area contributed by atoms with Crippen molar-refractivity contribution in [3.05, 3.63) is 75.9 Å². The van der Waals surface area contributed by atoms with Crippen LogP contribution in [0.15, 0.2) is 48.8 Å². The van der Waals surface area contributed by atoms with Crippen LogP contribution in [0.1, 0.15) is 16.1 Å². The molecule has 0 atom stereocenters. The fourth-order valence-corrected chi connectivity index (χ4v) is 2.50. The van der Waals surface area contributed by atoms with Crippen molar-refractivity contribution in [2.75, 3.05) is 10.6 Å². The predicted octanol–water partition coefficient (Wildman–Crippen LogP) is 5.23. The van der Waals surface area contributed by atoms with E-state index in [-0.39, 0.29) is 10.7 Å². The molecule has 2 aromatic carbocycles. The van der Waals surface area contributed by atoms with E-state index in [9.17, 15) is 9.18 Å². The predicted molar refractivity (Wildman–Crippen MR) is 101 cm³/mol. The summed E-state index contributed by atoms with van der Waals surface area (Å²) >= 11 is 11.7. The van der Waals surface area contributed by atoms with E-state index in [1.807, 2.05) is 13.0 Å². The van der Waals surface area contributed by atoms with Crippen molar-refractivity contribution >= 4 is 46.3 Å². The number of amides is 1. The Morgan fingerprint density at radius 1 is 1.08 bits per heavy atom. The van der Waals surface area contributed by atoms with E-state index in [2.05, 4.69) is 20.6 Å². The third kappa shape index (κ3) is 4.28. The van der Waals surface area contributed by atoms with Crippen molar-refractivity contribution in [2.45, 2.75) is 6.92 Å². The molecule has 3 rings (SSSR count). The number of nitrogens with one attached hydrogen (secondary N) is 2. The lowest BCUT2D eigenvalue weighted by Crippen LogP contribution is -2.14. The maximum absolute atomic E-state index is 13.2. The monoisotopic (exact) mass is 390 g/mol. The van der Waals surface area contributed by atoms with Crippen LogP contribution >= 0.6 is 23.2 Å². The van der Waals surface area contributed by atoms with Gasteiger partial charge in [-0.1, -0.05) is 29.3 Å². The molecule has 0 saturated carbocycles. The molecule has 26 heavy (non-hydrogen) atoms. The number of hydrogen-bond acceptors (Lipinski definition) is 4. The van der Waals surface area contributed by atoms with Gasteiger partial charge in [-0.15, -0.1) is 0 Å². The fraction of sp³-hybridized carbons (Fsp3) is 0.0556. The SMILES string of the molecule is Cc1ccc(Cl)cc1Nc1cnc(C(=O)Nc2ccc(F)c(Cl)c2)cn1. The minimum atomic E-state index is -0.559. The number of carbonyl (C=O) groups is 1. The summed E-state index contributed by atoms with van der Waals surface area (Å²) in [7, 11) is 0. The molecule has 0 bridgehead atoms. The first-order chi connectivity index (χ1) is 12.4. The molecule has 5 nitrogen and oxygen atoms in total. The highest BCUT2D eigenvalue weighted by Gasteiger charge is 2.10. The maximum Gasteiger partial charge on any atom is 0.275 e. The summed E-state index contributed by atoms with van der Waals surface area (Å²) in [5.74, 6) is -0.571. The molecule has 0 saturated heterocycles. The summed E-state index contributed by atoms with van der Waals surface area (Å²) in [6, 6.07) is 9.35. The molecule has 0 fully saturated rings. The van der Waals surface area contributed by atoms with E-state index < -0.39 is 11.7 Å². The van der Waals surface area contributed by atoms with Gasteiger partial charge in [0.15, 0.2) is 0 Å². The number of rotatable bonds is 4. The number of aryl methyl sites for hydroxylation is 1. The van der Waals surface area contributed by atoms with Gasteiger partial charge < -0.3 is 10.6 Å². The highest BCUT2D eigenvalue weighted by atomic mass is 35.5. The third-order valence-electron chi connectivity index (χ3n) is 3.52. The molecule has 2 N–H and O–H groups in total. The summed E-state index contributed by atoms with van der Waals surface area (Å²) in [6.07, 6.45) is 2.77. The van der Waals surface area contributed by atoms with Crippen LogP contribution in [0.25, 0.3) is 0 Å². The van der Waals surface area contributed by atoms with Gasteiger partial charge in [0.05, 0.1) is 17.4 Å². The van der Waals surface area contributed by atoms with Crippen LogP contribution in [0.3, 0.4) is 0 Å². The van der Waals surface area contributed by atoms with Crippen molar-refractivity contribution in [3.8, 4) is 0 Å². The van der Waals surface area contributed by atoms with Gasteiger partial charge in [0.25, 0.3) is 5.91 Å². The van der Waals surface area contributed by atoms with E-state index in [0.717, 1.165) is 11.3 Å². The molecule has 0 unspecified atom stereocenters. The molecular weight excluding hydrogens is 378 g/mol. The number of hydrogen-bond donors (Lipinski definition) is 2. The van der Waals surface area contributed by atoms with E-state index in [1.54, 1.807) is 12.1 Å². The first-order valence-corrected chi connectivity index (χ1v) is 8.29. The molecule has 0 aliphatic carbocycles. The molecule has 0 aliphatic rings. The zero-order chi connectivity index (χ0) is 18.7. The molecule has 8 heteroatoms. The molecule has 1 amide bonds. The van der Waals surface area contributed by atoms with Gasteiger partial charge in [0, 0.05) is 16.4 Å². The van der Waals surface area contributed by atoms with Crippen LogP contribution in [0.5, 0.6) is 0 Å². The average molecular weight is 391 g/mol. The third-order valence-corrected chi connectivity index (χ3v) is 4.05. The lowest BCUT2D eigenvalue weighted by molar-refractivity contribution is 0.102. The van der Waals surface area contributed by atoms with Crippen molar-refractivity contribution in [2.24, 2.45) is 0 Å². The second-order valence-electron chi connectivity index (χ2n) is 5.45. The number of benzene rings is 2. The van der Waals surface area contributed by atoms with Crippen molar-refractivity contribution < 1.29 is 9.18 Å². The first kappa shape index (κ1) is 18.1. The Balaban J connectivity index is 1.71. The summed E-state index contributed by atoms with van der Waals surface area (Å²) < 4.78 is 13.2. The average Bonchev–Trinajstić information content (AvgIpc) is 2.62. The summed E-state index contributed by atoms with van der Waals surface area (Å²) in [5, 5.41) is 6.19. The van der Waals surface area contributed by atoms with Crippen LogP contribution < -0.4 is 10.6 Å². The number of anilines is 3. The molecule has 1 aromatic heterocycles. The van der Waals surface area contributed by atoms with Crippen molar-refractivity contribution in [3.63, 3.8) is 0 Å². The Labute approximate surface area is 159 Å². The number of halogens is 3. The number of nitrogens with zero attached hydrogens (tertiary/aromatic N) is 2. The Morgan fingerprint density at radius 2 is 1.88 bits per heavy atom. The van der Waals surface area contributed by atoms with Crippen LogP contribution in [0.2, 0.25) is 10.0 Å². The van der Waals surface area contributed by atoms with Crippen LogP contribution in [0, 0.1) is 12.7 Å². The molecule has 132 valence electrons. The van der Waals surface area contributed by atoms with Gasteiger partial charge in [-0.05, 0) is 42.8 Å². The number of carbonyl (C=O) groups excluding carboxylic acids is 1. The van der Waals surface area contributed by atoms with E-state index >= 15 is 0 Å². The first-order valence-electron chi connectivity index (χ1n) is 7.54. The Hall–Kier alpha value is -2.70. The lowest BCUT2D eigenvalue weighted by Gasteiger charge is -2.09. The molecule has 0 radical (unpaired) electrons. The maximum atomic E-state index is 13.2. The number of aromatic nitrogens is 2. The summed E-state index contributed by atoms with van der Waals surface area (Å²) in [6.45, 7) is 1.93. The van der Waals surface area contributed by atoms with Gasteiger partial charge in [-0.2, -0.15) is 0 Å². The molecular formula is C18H13Cl2FN4O. The fourth-order valence-electron chi connectivity index (χ4n) is 2.15.